The van der Waals surface area contributed by atoms with Crippen molar-refractivity contribution < 1.29 is 18.0 Å². The average Bonchev–Trinajstić information content (AvgIpc) is 2.77. The maximum absolute atomic E-state index is 12.7. The van der Waals surface area contributed by atoms with Crippen molar-refractivity contribution in [3.05, 3.63) is 29.8 Å². The van der Waals surface area contributed by atoms with Crippen LogP contribution in [0.2, 0.25) is 0 Å². The van der Waals surface area contributed by atoms with E-state index < -0.39 is 10.0 Å². The largest absolute Gasteiger partial charge is 0.339 e. The van der Waals surface area contributed by atoms with Gasteiger partial charge in [0.05, 0.1) is 4.90 Å². The van der Waals surface area contributed by atoms with Gasteiger partial charge in [-0.25, -0.2) is 8.42 Å². The van der Waals surface area contributed by atoms with Crippen molar-refractivity contribution in [2.24, 2.45) is 5.92 Å². The second kappa shape index (κ2) is 9.69. The van der Waals surface area contributed by atoms with Crippen molar-refractivity contribution in [2.45, 2.75) is 56.3 Å². The topological polar surface area (TPSA) is 78.0 Å². The Bertz CT molecular complexity index is 882. The van der Waals surface area contributed by atoms with Crippen LogP contribution in [0, 0.1) is 5.92 Å². The van der Waals surface area contributed by atoms with Crippen molar-refractivity contribution in [2.75, 3.05) is 39.3 Å². The summed E-state index contributed by atoms with van der Waals surface area (Å²) in [6, 6.07) is 6.96. The fourth-order valence-corrected chi connectivity index (χ4v) is 6.10. The summed E-state index contributed by atoms with van der Waals surface area (Å²) in [5.41, 5.74) is 0.963. The molecule has 4 rings (SSSR count). The van der Waals surface area contributed by atoms with Crippen molar-refractivity contribution in [1.29, 1.82) is 0 Å². The van der Waals surface area contributed by atoms with Crippen LogP contribution in [0.25, 0.3) is 0 Å². The lowest BCUT2D eigenvalue weighted by atomic mass is 9.84. The predicted octanol–water partition coefficient (Wildman–Crippen LogP) is 2.26. The van der Waals surface area contributed by atoms with Crippen LogP contribution in [0.1, 0.15) is 50.5 Å². The lowest BCUT2D eigenvalue weighted by molar-refractivity contribution is -0.144. The quantitative estimate of drug-likeness (QED) is 0.670. The monoisotopic (exact) mass is 447 g/mol. The van der Waals surface area contributed by atoms with Crippen LogP contribution < -0.4 is 0 Å². The van der Waals surface area contributed by atoms with E-state index in [0.29, 0.717) is 57.0 Å². The molecule has 3 aliphatic rings. The SMILES string of the molecule is O=C(CCc1ccc(S(=O)(=O)N2CCCCC2)cc1)N1CCN(C(=O)C2CCC2)CC1. The molecule has 8 heteroatoms. The van der Waals surface area contributed by atoms with Gasteiger partial charge in [-0.3, -0.25) is 9.59 Å². The molecule has 3 fully saturated rings. The van der Waals surface area contributed by atoms with Crippen molar-refractivity contribution in [3.63, 3.8) is 0 Å². The van der Waals surface area contributed by atoms with Crippen LogP contribution in [0.3, 0.4) is 0 Å². The first-order valence-corrected chi connectivity index (χ1v) is 13.0. The highest BCUT2D eigenvalue weighted by Crippen LogP contribution is 2.28. The molecular weight excluding hydrogens is 414 g/mol. The summed E-state index contributed by atoms with van der Waals surface area (Å²) in [6.45, 7) is 3.65. The summed E-state index contributed by atoms with van der Waals surface area (Å²) >= 11 is 0. The summed E-state index contributed by atoms with van der Waals surface area (Å²) in [6.07, 6.45) is 7.08. The Morgan fingerprint density at radius 3 is 2.00 bits per heavy atom. The van der Waals surface area contributed by atoms with E-state index in [-0.39, 0.29) is 17.7 Å². The zero-order valence-corrected chi connectivity index (χ0v) is 19.0. The number of rotatable bonds is 6. The standard InChI is InChI=1S/C23H33N3O4S/c27-22(24-15-17-25(18-16-24)23(28)20-5-4-6-20)12-9-19-7-10-21(11-8-19)31(29,30)26-13-2-1-3-14-26/h7-8,10-11,20H,1-6,9,12-18H2. The van der Waals surface area contributed by atoms with Gasteiger partial charge >= 0.3 is 0 Å². The number of nitrogens with zero attached hydrogens (tertiary/aromatic N) is 3. The first-order chi connectivity index (χ1) is 14.9. The van der Waals surface area contributed by atoms with Crippen LogP contribution in [0.4, 0.5) is 0 Å². The Morgan fingerprint density at radius 1 is 0.806 bits per heavy atom. The van der Waals surface area contributed by atoms with Crippen molar-refractivity contribution in [3.8, 4) is 0 Å². The number of carbonyl (C=O) groups is 2. The molecule has 0 aromatic heterocycles. The third kappa shape index (κ3) is 5.12. The number of hydrogen-bond donors (Lipinski definition) is 0. The van der Waals surface area contributed by atoms with Crippen LogP contribution in [0.5, 0.6) is 0 Å². The van der Waals surface area contributed by atoms with Gasteiger partial charge in [0.1, 0.15) is 0 Å². The molecule has 1 aromatic rings. The molecule has 2 heterocycles. The van der Waals surface area contributed by atoms with E-state index in [2.05, 4.69) is 0 Å². The van der Waals surface area contributed by atoms with E-state index in [0.717, 1.165) is 44.1 Å². The van der Waals surface area contributed by atoms with E-state index in [1.807, 2.05) is 21.9 Å². The molecule has 31 heavy (non-hydrogen) atoms. The van der Waals surface area contributed by atoms with E-state index in [1.54, 1.807) is 16.4 Å². The molecule has 1 aliphatic carbocycles. The predicted molar refractivity (Wildman–Crippen MR) is 118 cm³/mol. The minimum Gasteiger partial charge on any atom is -0.339 e. The Kier molecular flexibility index (Phi) is 6.96. The van der Waals surface area contributed by atoms with Gasteiger partial charge in [0.15, 0.2) is 0 Å². The normalized spacial score (nSPS) is 21.0. The maximum atomic E-state index is 12.7. The number of hydrogen-bond acceptors (Lipinski definition) is 4. The Morgan fingerprint density at radius 2 is 1.42 bits per heavy atom. The summed E-state index contributed by atoms with van der Waals surface area (Å²) in [7, 11) is -3.42. The molecule has 2 aliphatic heterocycles. The Balaban J connectivity index is 1.24. The first-order valence-electron chi connectivity index (χ1n) is 11.6. The Labute approximate surface area is 185 Å². The van der Waals surface area contributed by atoms with Crippen molar-refractivity contribution in [1.82, 2.24) is 14.1 Å². The minimum atomic E-state index is -3.42. The molecule has 0 unspecified atom stereocenters. The van der Waals surface area contributed by atoms with Gasteiger partial charge < -0.3 is 9.80 Å². The lowest BCUT2D eigenvalue weighted by Crippen LogP contribution is -2.52. The second-order valence-corrected chi connectivity index (χ2v) is 10.9. The van der Waals surface area contributed by atoms with Gasteiger partial charge in [0.25, 0.3) is 0 Å². The molecule has 170 valence electrons. The van der Waals surface area contributed by atoms with Crippen LogP contribution in [-0.4, -0.2) is 73.6 Å². The van der Waals surface area contributed by atoms with Crippen molar-refractivity contribution >= 4 is 21.8 Å². The van der Waals surface area contributed by atoms with Crippen LogP contribution in [-0.2, 0) is 26.0 Å². The van der Waals surface area contributed by atoms with Gasteiger partial charge in [0, 0.05) is 51.6 Å². The number of piperidine rings is 1. The number of aryl methyl sites for hydroxylation is 1. The van der Waals surface area contributed by atoms with E-state index >= 15 is 0 Å². The van der Waals surface area contributed by atoms with E-state index in [4.69, 9.17) is 0 Å². The van der Waals surface area contributed by atoms with E-state index in [9.17, 15) is 18.0 Å². The zero-order chi connectivity index (χ0) is 21.8. The highest BCUT2D eigenvalue weighted by atomic mass is 32.2. The third-order valence-electron chi connectivity index (χ3n) is 6.90. The third-order valence-corrected chi connectivity index (χ3v) is 8.82. The van der Waals surface area contributed by atoms with Gasteiger partial charge in [0.2, 0.25) is 21.8 Å². The molecule has 0 spiro atoms. The van der Waals surface area contributed by atoms with Gasteiger partial charge in [-0.2, -0.15) is 4.31 Å². The second-order valence-electron chi connectivity index (χ2n) is 8.94. The number of sulfonamides is 1. The molecule has 7 nitrogen and oxygen atoms in total. The molecule has 0 radical (unpaired) electrons. The molecule has 1 saturated carbocycles. The molecule has 0 bridgehead atoms. The zero-order valence-electron chi connectivity index (χ0n) is 18.2. The summed E-state index contributed by atoms with van der Waals surface area (Å²) in [5, 5.41) is 0. The smallest absolute Gasteiger partial charge is 0.243 e. The molecule has 0 N–H and O–H groups in total. The molecule has 0 atom stereocenters. The summed E-state index contributed by atoms with van der Waals surface area (Å²) in [5.74, 6) is 0.572. The lowest BCUT2D eigenvalue weighted by Gasteiger charge is -2.38. The molecule has 2 amide bonds. The average molecular weight is 448 g/mol. The Hall–Kier alpha value is -1.93. The van der Waals surface area contributed by atoms with Gasteiger partial charge in [-0.1, -0.05) is 25.0 Å². The minimum absolute atomic E-state index is 0.0979. The fraction of sp³-hybridized carbons (Fsp3) is 0.652. The van der Waals surface area contributed by atoms with Crippen LogP contribution in [0.15, 0.2) is 29.2 Å². The summed E-state index contributed by atoms with van der Waals surface area (Å²) in [4.78, 5) is 29.0. The number of piperazine rings is 1. The first kappa shape index (κ1) is 22.3. The number of carbonyl (C=O) groups excluding carboxylic acids is 2. The highest BCUT2D eigenvalue weighted by Gasteiger charge is 2.32. The molecule has 1 aromatic carbocycles. The number of benzene rings is 1. The highest BCUT2D eigenvalue weighted by molar-refractivity contribution is 7.89. The van der Waals surface area contributed by atoms with E-state index in [1.165, 1.54) is 0 Å². The van der Waals surface area contributed by atoms with Crippen LogP contribution >= 0.6 is 0 Å². The number of amides is 2. The summed E-state index contributed by atoms with van der Waals surface area (Å²) < 4.78 is 27.1. The molecule has 2 saturated heterocycles. The van der Waals surface area contributed by atoms with Gasteiger partial charge in [-0.15, -0.1) is 0 Å². The van der Waals surface area contributed by atoms with Gasteiger partial charge in [-0.05, 0) is 49.8 Å². The maximum Gasteiger partial charge on any atom is 0.243 e. The molecular formula is C23H33N3O4S. The fourth-order valence-electron chi connectivity index (χ4n) is 4.58.